The number of pyridine rings is 2. The van der Waals surface area contributed by atoms with E-state index in [1.807, 2.05) is 66.9 Å². The lowest BCUT2D eigenvalue weighted by atomic mass is 9.98. The van der Waals surface area contributed by atoms with Crippen LogP contribution in [0.1, 0.15) is 56.1 Å². The summed E-state index contributed by atoms with van der Waals surface area (Å²) in [4.78, 5) is 32.7. The van der Waals surface area contributed by atoms with Crippen molar-refractivity contribution in [3.05, 3.63) is 88.0 Å². The summed E-state index contributed by atoms with van der Waals surface area (Å²) in [7, 11) is 1.63. The summed E-state index contributed by atoms with van der Waals surface area (Å²) >= 11 is 14.2. The number of amides is 1. The third-order valence-electron chi connectivity index (χ3n) is 9.52. The lowest BCUT2D eigenvalue weighted by molar-refractivity contribution is -0.119. The Bertz CT molecular complexity index is 2030. The number of rotatable bonds is 12. The van der Waals surface area contributed by atoms with Crippen molar-refractivity contribution in [1.82, 2.24) is 30.2 Å². The summed E-state index contributed by atoms with van der Waals surface area (Å²) in [6, 6.07) is 19.9. The van der Waals surface area contributed by atoms with Crippen LogP contribution in [0.2, 0.25) is 10.0 Å². The third kappa shape index (κ3) is 7.34. The van der Waals surface area contributed by atoms with Gasteiger partial charge in [-0.1, -0.05) is 65.7 Å². The van der Waals surface area contributed by atoms with E-state index in [-0.39, 0.29) is 11.9 Å². The molecule has 1 saturated carbocycles. The summed E-state index contributed by atoms with van der Waals surface area (Å²) in [6.07, 6.45) is 8.49. The monoisotopic (exact) mass is 696 g/mol. The van der Waals surface area contributed by atoms with E-state index in [2.05, 4.69) is 10.6 Å². The molecule has 1 aliphatic carbocycles. The van der Waals surface area contributed by atoms with Gasteiger partial charge < -0.3 is 15.4 Å². The van der Waals surface area contributed by atoms with E-state index in [0.29, 0.717) is 70.5 Å². The van der Waals surface area contributed by atoms with Crippen molar-refractivity contribution in [3.8, 4) is 39.7 Å². The van der Waals surface area contributed by atoms with Crippen molar-refractivity contribution >= 4 is 40.5 Å². The molecule has 1 aliphatic heterocycles. The van der Waals surface area contributed by atoms with Crippen LogP contribution >= 0.6 is 23.2 Å². The van der Waals surface area contributed by atoms with Crippen molar-refractivity contribution in [3.63, 3.8) is 0 Å². The maximum Gasteiger partial charge on any atom is 0.220 e. The van der Waals surface area contributed by atoms with Crippen molar-refractivity contribution in [1.29, 1.82) is 0 Å². The van der Waals surface area contributed by atoms with Gasteiger partial charge in [0.15, 0.2) is 11.5 Å². The molecule has 2 N–H and O–H groups in total. The average molecular weight is 698 g/mol. The molecule has 3 aromatic heterocycles. The number of hydrogen-bond donors (Lipinski definition) is 2. The molecule has 2 aliphatic rings. The lowest BCUT2D eigenvalue weighted by Crippen LogP contribution is -2.25. The smallest absolute Gasteiger partial charge is 0.220 e. The topological polar surface area (TPSA) is 111 Å². The Kier molecular flexibility index (Phi) is 9.93. The molecule has 49 heavy (non-hydrogen) atoms. The van der Waals surface area contributed by atoms with Crippen LogP contribution in [0.5, 0.6) is 5.88 Å². The van der Waals surface area contributed by atoms with E-state index in [9.17, 15) is 9.59 Å². The molecule has 7 rings (SSSR count). The highest BCUT2D eigenvalue weighted by Crippen LogP contribution is 2.42. The number of nitrogens with zero attached hydrogens (tertiary/aromatic N) is 4. The molecule has 5 aromatic rings. The number of hydrogen-bond acceptors (Lipinski definition) is 7. The first-order valence-electron chi connectivity index (χ1n) is 16.9. The molecule has 1 saturated heterocycles. The van der Waals surface area contributed by atoms with Crippen LogP contribution in [-0.2, 0) is 22.6 Å². The van der Waals surface area contributed by atoms with Gasteiger partial charge in [0.25, 0.3) is 0 Å². The Balaban J connectivity index is 1.09. The molecule has 11 heteroatoms. The zero-order chi connectivity index (χ0) is 33.9. The molecule has 2 fully saturated rings. The lowest BCUT2D eigenvalue weighted by Gasteiger charge is -2.14. The van der Waals surface area contributed by atoms with Gasteiger partial charge in [-0.05, 0) is 68.3 Å². The summed E-state index contributed by atoms with van der Waals surface area (Å²) < 4.78 is 7.46. The largest absolute Gasteiger partial charge is 0.481 e. The minimum atomic E-state index is 0.140. The number of methoxy groups -OCH3 is 1. The molecule has 0 unspecified atom stereocenters. The Morgan fingerprint density at radius 1 is 0.918 bits per heavy atom. The van der Waals surface area contributed by atoms with Crippen LogP contribution in [0, 0.1) is 5.92 Å². The van der Waals surface area contributed by atoms with Crippen molar-refractivity contribution in [2.75, 3.05) is 13.7 Å². The predicted molar refractivity (Wildman–Crippen MR) is 192 cm³/mol. The first-order chi connectivity index (χ1) is 23.9. The number of halogens is 2. The van der Waals surface area contributed by atoms with Gasteiger partial charge in [0.1, 0.15) is 5.78 Å². The van der Waals surface area contributed by atoms with Crippen LogP contribution in [0.25, 0.3) is 39.4 Å². The molecule has 0 radical (unpaired) electrons. The Labute approximate surface area is 295 Å². The van der Waals surface area contributed by atoms with Crippen LogP contribution in [0.15, 0.2) is 66.9 Å². The first kappa shape index (κ1) is 33.2. The number of nitrogens with one attached hydrogen (secondary N) is 2. The minimum absolute atomic E-state index is 0.140. The molecule has 252 valence electrons. The number of carbonyl (C=O) groups excluding carboxylic acids is 2. The number of aromatic nitrogens is 4. The molecule has 0 spiro atoms. The van der Waals surface area contributed by atoms with Gasteiger partial charge in [-0.3, -0.25) is 9.59 Å². The molecular weight excluding hydrogens is 659 g/mol. The predicted octanol–water partition coefficient (Wildman–Crippen LogP) is 7.50. The normalized spacial score (nSPS) is 17.6. The molecule has 2 aromatic carbocycles. The highest BCUT2D eigenvalue weighted by atomic mass is 35.5. The zero-order valence-electron chi connectivity index (χ0n) is 27.3. The van der Waals surface area contributed by atoms with E-state index in [1.165, 1.54) is 0 Å². The molecule has 1 amide bonds. The maximum absolute atomic E-state index is 11.6. The van der Waals surface area contributed by atoms with Crippen LogP contribution in [-0.4, -0.2) is 51.0 Å². The Morgan fingerprint density at radius 3 is 2.43 bits per heavy atom. The van der Waals surface area contributed by atoms with Crippen molar-refractivity contribution in [2.45, 2.75) is 64.0 Å². The van der Waals surface area contributed by atoms with Gasteiger partial charge in [-0.2, -0.15) is 0 Å². The number of benzene rings is 2. The van der Waals surface area contributed by atoms with E-state index in [4.69, 9.17) is 43.0 Å². The van der Waals surface area contributed by atoms with Gasteiger partial charge in [0.2, 0.25) is 11.8 Å². The second-order valence-electron chi connectivity index (χ2n) is 12.9. The summed E-state index contributed by atoms with van der Waals surface area (Å²) in [6.45, 7) is 1.52. The number of ketones is 1. The molecular formula is C38H38Cl2N6O3. The second kappa shape index (κ2) is 14.7. The second-order valence-corrected chi connectivity index (χ2v) is 13.7. The van der Waals surface area contributed by atoms with Gasteiger partial charge in [0, 0.05) is 65.9 Å². The van der Waals surface area contributed by atoms with Crippen LogP contribution in [0.3, 0.4) is 0 Å². The van der Waals surface area contributed by atoms with E-state index < -0.39 is 0 Å². The Hall–Kier alpha value is -4.31. The number of fused-ring (bicyclic) bond motifs is 1. The van der Waals surface area contributed by atoms with Gasteiger partial charge in [0.05, 0.1) is 22.8 Å². The van der Waals surface area contributed by atoms with Crippen molar-refractivity contribution in [2.24, 2.45) is 5.92 Å². The standard InChI is InChI=1S/C38H38Cl2N6O3/c1-49-38-25(5-2-6-26-14-18-34(48)42-26)13-16-32(43-38)30-9-3-7-28(35(30)39)29-8-4-10-31(36(29)40)37-44-33-17-12-24(22-46(33)45-37)21-41-20-23-11-15-27(47)19-23/h3-4,7-10,12-13,16-17,22-23,26,41H,2,5-6,11,14-15,18-21H2,1H3,(H,42,48)/t23-,26-/m1/s1. The Morgan fingerprint density at radius 2 is 1.69 bits per heavy atom. The number of aryl methyl sites for hydroxylation is 1. The van der Waals surface area contributed by atoms with Gasteiger partial charge in [-0.15, -0.1) is 5.10 Å². The number of carbonyl (C=O) groups is 2. The fraction of sp³-hybridized carbons (Fsp3) is 0.342. The number of Topliss-reactive ketones (excluding diaryl/α,β-unsaturated/α-hetero) is 1. The van der Waals surface area contributed by atoms with Crippen LogP contribution < -0.4 is 15.4 Å². The van der Waals surface area contributed by atoms with Gasteiger partial charge in [-0.25, -0.2) is 14.5 Å². The van der Waals surface area contributed by atoms with Crippen molar-refractivity contribution < 1.29 is 14.3 Å². The molecule has 0 bridgehead atoms. The number of ether oxygens (including phenoxy) is 1. The maximum atomic E-state index is 11.6. The van der Waals surface area contributed by atoms with E-state index in [1.54, 1.807) is 11.6 Å². The highest BCUT2D eigenvalue weighted by molar-refractivity contribution is 6.39. The quantitative estimate of drug-likeness (QED) is 0.139. The fourth-order valence-electron chi connectivity index (χ4n) is 6.90. The molecule has 2 atom stereocenters. The summed E-state index contributed by atoms with van der Waals surface area (Å²) in [5.74, 6) is 2.01. The zero-order valence-corrected chi connectivity index (χ0v) is 28.9. The van der Waals surface area contributed by atoms with E-state index in [0.717, 1.165) is 72.1 Å². The first-order valence-corrected chi connectivity index (χ1v) is 17.6. The minimum Gasteiger partial charge on any atom is -0.481 e. The van der Waals surface area contributed by atoms with E-state index >= 15 is 0 Å². The third-order valence-corrected chi connectivity index (χ3v) is 10.3. The summed E-state index contributed by atoms with van der Waals surface area (Å²) in [5.41, 5.74) is 6.53. The molecule has 4 heterocycles. The average Bonchev–Trinajstić information content (AvgIpc) is 3.84. The highest BCUT2D eigenvalue weighted by Gasteiger charge is 2.23. The SMILES string of the molecule is COc1nc(-c2cccc(-c3cccc(-c4nc5ccc(CNC[C@@H]6CCC(=O)C6)cn5n4)c3Cl)c2Cl)ccc1CCC[C@@H]1CCC(=O)N1. The summed E-state index contributed by atoms with van der Waals surface area (Å²) in [5, 5.41) is 12.3. The molecule has 9 nitrogen and oxygen atoms in total. The van der Waals surface area contributed by atoms with Gasteiger partial charge >= 0.3 is 0 Å². The van der Waals surface area contributed by atoms with Crippen LogP contribution in [0.4, 0.5) is 0 Å². The fourth-order valence-corrected chi connectivity index (χ4v) is 7.54.